The fourth-order valence-electron chi connectivity index (χ4n) is 2.16. The molecule has 2 aromatic carbocycles. The predicted octanol–water partition coefficient (Wildman–Crippen LogP) is 5.10. The molecule has 0 atom stereocenters. The number of hydrogen-bond donors (Lipinski definition) is 0. The first-order chi connectivity index (χ1) is 13.9. The van der Waals surface area contributed by atoms with Gasteiger partial charge in [-0.1, -0.05) is 23.2 Å². The quantitative estimate of drug-likeness (QED) is 0.292. The van der Waals surface area contributed by atoms with Crippen molar-refractivity contribution < 1.29 is 51.5 Å². The van der Waals surface area contributed by atoms with E-state index in [9.17, 15) is 43.2 Å². The normalized spacial score (nSPS) is 13.4. The highest BCUT2D eigenvalue weighted by molar-refractivity contribution is 7.87. The summed E-state index contributed by atoms with van der Waals surface area (Å²) in [5.41, 5.74) is -3.42. The molecule has 0 bridgehead atoms. The lowest BCUT2D eigenvalue weighted by molar-refractivity contribution is -0.140. The van der Waals surface area contributed by atoms with Crippen molar-refractivity contribution >= 4 is 43.4 Å². The predicted molar refractivity (Wildman–Crippen MR) is 94.3 cm³/mol. The summed E-state index contributed by atoms with van der Waals surface area (Å²) in [6.45, 7) is -1.75. The Labute approximate surface area is 181 Å². The maximum Gasteiger partial charge on any atom is 0.417 e. The van der Waals surface area contributed by atoms with Crippen molar-refractivity contribution in [2.24, 2.45) is 0 Å². The monoisotopic (exact) mass is 532 g/mol. The Morgan fingerprint density at radius 3 is 1.29 bits per heavy atom. The van der Waals surface area contributed by atoms with E-state index in [1.54, 1.807) is 0 Å². The fourth-order valence-corrected chi connectivity index (χ4v) is 4.52. The maximum atomic E-state index is 13.1. The molecule has 0 fully saturated rings. The van der Waals surface area contributed by atoms with Crippen LogP contribution >= 0.6 is 23.2 Å². The van der Waals surface area contributed by atoms with Gasteiger partial charge in [-0.05, 0) is 36.4 Å². The molecule has 31 heavy (non-hydrogen) atoms. The molecule has 2 rings (SSSR count). The Morgan fingerprint density at radius 1 is 0.677 bits per heavy atom. The third-order valence-electron chi connectivity index (χ3n) is 3.44. The molecule has 0 radical (unpaired) electrons. The van der Waals surface area contributed by atoms with Gasteiger partial charge in [0.25, 0.3) is 20.2 Å². The van der Waals surface area contributed by atoms with Gasteiger partial charge in [0.05, 0.1) is 11.1 Å². The lowest BCUT2D eigenvalue weighted by Gasteiger charge is -2.15. The van der Waals surface area contributed by atoms with E-state index in [0.717, 1.165) is 12.1 Å². The van der Waals surface area contributed by atoms with Crippen LogP contribution in [0.25, 0.3) is 0 Å². The van der Waals surface area contributed by atoms with Crippen LogP contribution in [-0.4, -0.2) is 23.6 Å². The van der Waals surface area contributed by atoms with E-state index in [2.05, 4.69) is 8.37 Å². The van der Waals surface area contributed by atoms with Crippen LogP contribution in [0.1, 0.15) is 11.1 Å². The molecule has 0 amide bonds. The lowest BCUT2D eigenvalue weighted by atomic mass is 10.2. The number of halogens is 8. The molecule has 0 unspecified atom stereocenters. The zero-order valence-electron chi connectivity index (χ0n) is 14.5. The molecule has 6 nitrogen and oxygen atoms in total. The molecule has 16 heteroatoms. The van der Waals surface area contributed by atoms with Gasteiger partial charge in [-0.2, -0.15) is 43.2 Å². The SMILES string of the molecule is O=S(=O)(OCOS(=O)(=O)c1ccc(Cl)cc1C(F)(F)F)c1ccc(Cl)cc1C(F)(F)F. The van der Waals surface area contributed by atoms with Crippen molar-refractivity contribution in [2.75, 3.05) is 6.79 Å². The second kappa shape index (κ2) is 8.75. The Kier molecular flexibility index (Phi) is 7.25. The van der Waals surface area contributed by atoms with Crippen molar-refractivity contribution in [2.45, 2.75) is 22.1 Å². The van der Waals surface area contributed by atoms with Crippen molar-refractivity contribution in [3.8, 4) is 0 Å². The molecule has 0 aliphatic rings. The topological polar surface area (TPSA) is 86.7 Å². The zero-order valence-corrected chi connectivity index (χ0v) is 17.6. The Morgan fingerprint density at radius 2 is 1.00 bits per heavy atom. The first kappa shape index (κ1) is 25.7. The summed E-state index contributed by atoms with van der Waals surface area (Å²) in [5.74, 6) is 0. The van der Waals surface area contributed by atoms with Crippen LogP contribution < -0.4 is 0 Å². The summed E-state index contributed by atoms with van der Waals surface area (Å²) in [7, 11) is -10.5. The molecule has 0 N–H and O–H groups in total. The highest BCUT2D eigenvalue weighted by Gasteiger charge is 2.39. The van der Waals surface area contributed by atoms with Gasteiger partial charge in [0.15, 0.2) is 6.79 Å². The van der Waals surface area contributed by atoms with Gasteiger partial charge >= 0.3 is 12.4 Å². The first-order valence-electron chi connectivity index (χ1n) is 7.47. The van der Waals surface area contributed by atoms with Crippen molar-refractivity contribution in [1.29, 1.82) is 0 Å². The van der Waals surface area contributed by atoms with E-state index in [1.807, 2.05) is 0 Å². The van der Waals surface area contributed by atoms with E-state index in [1.165, 1.54) is 0 Å². The van der Waals surface area contributed by atoms with E-state index in [0.29, 0.717) is 24.3 Å². The standard InChI is InChI=1S/C15H8Cl2F6O6S2/c16-8-1-3-12(10(5-8)14(18,19)20)30(24,25)28-7-29-31(26,27)13-4-2-9(17)6-11(13)15(21,22)23/h1-6H,7H2. The number of benzene rings is 2. The molecule has 0 saturated carbocycles. The minimum atomic E-state index is -5.25. The molecular formula is C15H8Cl2F6O6S2. The average Bonchev–Trinajstić information content (AvgIpc) is 2.59. The molecular weight excluding hydrogens is 525 g/mol. The van der Waals surface area contributed by atoms with Gasteiger partial charge in [0.2, 0.25) is 0 Å². The summed E-state index contributed by atoms with van der Waals surface area (Å²) < 4.78 is 135. The summed E-state index contributed by atoms with van der Waals surface area (Å²) in [6.07, 6.45) is -10.3. The number of alkyl halides is 6. The van der Waals surface area contributed by atoms with Crippen LogP contribution in [0.15, 0.2) is 46.2 Å². The van der Waals surface area contributed by atoms with Gasteiger partial charge in [-0.15, -0.1) is 0 Å². The van der Waals surface area contributed by atoms with E-state index < -0.39 is 70.3 Å². The van der Waals surface area contributed by atoms with Crippen molar-refractivity contribution in [3.63, 3.8) is 0 Å². The van der Waals surface area contributed by atoms with Crippen LogP contribution in [0.4, 0.5) is 26.3 Å². The van der Waals surface area contributed by atoms with Crippen molar-refractivity contribution in [3.05, 3.63) is 57.6 Å². The summed E-state index contributed by atoms with van der Waals surface area (Å²) in [4.78, 5) is -2.82. The average molecular weight is 533 g/mol. The maximum absolute atomic E-state index is 13.1. The highest BCUT2D eigenvalue weighted by atomic mass is 35.5. The first-order valence-corrected chi connectivity index (χ1v) is 11.0. The van der Waals surface area contributed by atoms with Crippen LogP contribution in [0, 0.1) is 0 Å². The van der Waals surface area contributed by atoms with E-state index >= 15 is 0 Å². The van der Waals surface area contributed by atoms with Crippen LogP contribution in [0.2, 0.25) is 10.0 Å². The minimum absolute atomic E-state index is 0.290. The summed E-state index contributed by atoms with van der Waals surface area (Å²) in [5, 5.41) is -0.903. The zero-order chi connectivity index (χ0) is 23.8. The molecule has 0 saturated heterocycles. The molecule has 0 aromatic heterocycles. The molecule has 172 valence electrons. The van der Waals surface area contributed by atoms with Gasteiger partial charge in [0, 0.05) is 10.0 Å². The Bertz CT molecular complexity index is 1100. The lowest BCUT2D eigenvalue weighted by Crippen LogP contribution is -2.19. The van der Waals surface area contributed by atoms with Gasteiger partial charge in [-0.3, -0.25) is 0 Å². The number of rotatable bonds is 6. The molecule has 0 aliphatic heterocycles. The Balaban J connectivity index is 2.30. The largest absolute Gasteiger partial charge is 0.417 e. The number of hydrogen-bond acceptors (Lipinski definition) is 6. The van der Waals surface area contributed by atoms with Crippen molar-refractivity contribution in [1.82, 2.24) is 0 Å². The highest BCUT2D eigenvalue weighted by Crippen LogP contribution is 2.38. The molecule has 0 spiro atoms. The van der Waals surface area contributed by atoms with Gasteiger partial charge < -0.3 is 0 Å². The third kappa shape index (κ3) is 6.23. The van der Waals surface area contributed by atoms with Gasteiger partial charge in [0.1, 0.15) is 9.79 Å². The van der Waals surface area contributed by atoms with Crippen LogP contribution in [-0.2, 0) is 41.0 Å². The second-order valence-electron chi connectivity index (χ2n) is 5.54. The van der Waals surface area contributed by atoms with E-state index in [4.69, 9.17) is 23.2 Å². The summed E-state index contributed by atoms with van der Waals surface area (Å²) in [6, 6.07) is 3.09. The molecule has 0 heterocycles. The van der Waals surface area contributed by atoms with Crippen LogP contribution in [0.3, 0.4) is 0 Å². The molecule has 0 aliphatic carbocycles. The fraction of sp³-hybridized carbons (Fsp3) is 0.200. The smallest absolute Gasteiger partial charge is 0.236 e. The van der Waals surface area contributed by atoms with E-state index in [-0.39, 0.29) is 0 Å². The Hall–Kier alpha value is -1.58. The summed E-state index contributed by atoms with van der Waals surface area (Å²) >= 11 is 10.9. The minimum Gasteiger partial charge on any atom is -0.236 e. The molecule has 2 aromatic rings. The van der Waals surface area contributed by atoms with Gasteiger partial charge in [-0.25, -0.2) is 8.37 Å². The van der Waals surface area contributed by atoms with Crippen LogP contribution in [0.5, 0.6) is 0 Å². The second-order valence-corrected chi connectivity index (χ2v) is 9.58. The third-order valence-corrected chi connectivity index (χ3v) is 6.51.